The number of Topliss-reactive ketones (excluding diaryl/α,β-unsaturated/α-hetero) is 1. The molecule has 0 radical (unpaired) electrons. The number of aliphatic hydroxyl groups excluding tert-OH is 1. The van der Waals surface area contributed by atoms with Gasteiger partial charge in [0, 0.05) is 30.5 Å². The highest BCUT2D eigenvalue weighted by Crippen LogP contribution is 2.31. The van der Waals surface area contributed by atoms with Crippen LogP contribution < -0.4 is 0 Å². The molecule has 118 valence electrons. The zero-order valence-corrected chi connectivity index (χ0v) is 14.9. The highest BCUT2D eigenvalue weighted by molar-refractivity contribution is 7.11. The predicted octanol–water partition coefficient (Wildman–Crippen LogP) is 5.22. The lowest BCUT2D eigenvalue weighted by molar-refractivity contribution is -0.113. The molecule has 0 bridgehead atoms. The predicted molar refractivity (Wildman–Crippen MR) is 94.1 cm³/mol. The molecular weight excluding hydrogens is 292 g/mol. The third kappa shape index (κ3) is 3.83. The Bertz CT molecular complexity index is 623. The van der Waals surface area contributed by atoms with Crippen LogP contribution in [0, 0.1) is 11.8 Å². The lowest BCUT2D eigenvalue weighted by Crippen LogP contribution is -2.19. The molecule has 22 heavy (non-hydrogen) atoms. The van der Waals surface area contributed by atoms with E-state index in [1.165, 1.54) is 9.75 Å². The fourth-order valence-electron chi connectivity index (χ4n) is 2.59. The van der Waals surface area contributed by atoms with Gasteiger partial charge in [0.05, 0.1) is 5.57 Å². The van der Waals surface area contributed by atoms with Crippen LogP contribution in [0.1, 0.15) is 49.9 Å². The second-order valence-corrected chi connectivity index (χ2v) is 8.13. The standard InChI is InChI=1S/C19H24O2S/c1-11(2)6-15-8-14(9-16(22-15)7-12(3)4)10-17-18(20)13(5)19(17)21/h8-12H,6-7H2,1-5H3/p+1. The van der Waals surface area contributed by atoms with Crippen LogP contribution in [0.4, 0.5) is 0 Å². The summed E-state index contributed by atoms with van der Waals surface area (Å²) in [4.78, 5) is 14.5. The van der Waals surface area contributed by atoms with Crippen molar-refractivity contribution in [1.29, 1.82) is 0 Å². The molecule has 0 aliphatic heterocycles. The second-order valence-electron chi connectivity index (χ2n) is 6.88. The van der Waals surface area contributed by atoms with Gasteiger partial charge in [0.25, 0.3) is 0 Å². The van der Waals surface area contributed by atoms with E-state index in [9.17, 15) is 9.90 Å². The fourth-order valence-corrected chi connectivity index (χ4v) is 4.15. The van der Waals surface area contributed by atoms with Crippen molar-refractivity contribution in [1.82, 2.24) is 0 Å². The zero-order chi connectivity index (χ0) is 16.4. The van der Waals surface area contributed by atoms with Crippen LogP contribution in [0.3, 0.4) is 0 Å². The molecule has 0 saturated carbocycles. The van der Waals surface area contributed by atoms with Crippen LogP contribution in [-0.2, 0) is 17.6 Å². The molecule has 3 heteroatoms. The van der Waals surface area contributed by atoms with Crippen molar-refractivity contribution in [3.63, 3.8) is 0 Å². The van der Waals surface area contributed by atoms with E-state index in [0.29, 0.717) is 23.0 Å². The topological polar surface area (TPSA) is 37.3 Å². The van der Waals surface area contributed by atoms with E-state index < -0.39 is 0 Å². The molecule has 0 fully saturated rings. The van der Waals surface area contributed by atoms with Crippen LogP contribution in [0.5, 0.6) is 0 Å². The number of carbonyl (C=O) groups is 1. The number of aliphatic hydroxyl groups is 1. The van der Waals surface area contributed by atoms with Gasteiger partial charge in [-0.15, -0.1) is 0 Å². The minimum atomic E-state index is -0.0409. The van der Waals surface area contributed by atoms with E-state index in [1.54, 1.807) is 6.92 Å². The molecule has 0 amide bonds. The van der Waals surface area contributed by atoms with Gasteiger partial charge in [-0.1, -0.05) is 27.7 Å². The first-order chi connectivity index (χ1) is 10.3. The van der Waals surface area contributed by atoms with Crippen molar-refractivity contribution in [2.24, 2.45) is 11.8 Å². The number of hydrogen-bond donors (Lipinski definition) is 1. The lowest BCUT2D eigenvalue weighted by Gasteiger charge is -2.17. The van der Waals surface area contributed by atoms with E-state index in [1.807, 2.05) is 17.4 Å². The first-order valence-corrected chi connectivity index (χ1v) is 8.72. The molecule has 0 atom stereocenters. The zero-order valence-electron chi connectivity index (χ0n) is 14.1. The van der Waals surface area contributed by atoms with Gasteiger partial charge in [-0.3, -0.25) is 4.79 Å². The quantitative estimate of drug-likeness (QED) is 0.597. The monoisotopic (exact) mass is 317 g/mol. The highest BCUT2D eigenvalue weighted by Gasteiger charge is 2.30. The summed E-state index contributed by atoms with van der Waals surface area (Å²) in [5.41, 5.74) is 1.93. The molecule has 1 aliphatic rings. The Hall–Kier alpha value is -1.48. The molecule has 1 aromatic rings. The average Bonchev–Trinajstić information content (AvgIpc) is 2.41. The van der Waals surface area contributed by atoms with Gasteiger partial charge in [-0.2, -0.15) is 0 Å². The molecule has 0 unspecified atom stereocenters. The van der Waals surface area contributed by atoms with Crippen molar-refractivity contribution in [2.45, 2.75) is 47.5 Å². The van der Waals surface area contributed by atoms with Crippen LogP contribution in [-0.4, -0.2) is 10.9 Å². The van der Waals surface area contributed by atoms with E-state index in [2.05, 4.69) is 39.8 Å². The fraction of sp³-hybridized carbons (Fsp3) is 0.474. The minimum absolute atomic E-state index is 0.0409. The Morgan fingerprint density at radius 2 is 1.59 bits per heavy atom. The molecule has 2 nitrogen and oxygen atoms in total. The molecule has 1 aliphatic carbocycles. The Morgan fingerprint density at radius 1 is 1.09 bits per heavy atom. The SMILES string of the molecule is CC1=C(O)C(=Cc2cc(CC(C)C)[s+]c(CC(C)C)c2)C1=O. The summed E-state index contributed by atoms with van der Waals surface area (Å²) >= 11 is 1.86. The number of carbonyl (C=O) groups excluding carboxylic acids is 1. The van der Waals surface area contributed by atoms with Crippen molar-refractivity contribution in [3.8, 4) is 0 Å². The van der Waals surface area contributed by atoms with Crippen molar-refractivity contribution >= 4 is 23.2 Å². The highest BCUT2D eigenvalue weighted by atomic mass is 32.1. The Kier molecular flexibility index (Phi) is 5.17. The van der Waals surface area contributed by atoms with Crippen molar-refractivity contribution in [2.75, 3.05) is 0 Å². The third-order valence-electron chi connectivity index (χ3n) is 3.64. The van der Waals surface area contributed by atoms with E-state index in [-0.39, 0.29) is 11.5 Å². The van der Waals surface area contributed by atoms with Crippen LogP contribution >= 0.6 is 11.3 Å². The Morgan fingerprint density at radius 3 is 2.00 bits per heavy atom. The first kappa shape index (κ1) is 16.9. The second kappa shape index (κ2) is 6.74. The van der Waals surface area contributed by atoms with Crippen molar-refractivity contribution < 1.29 is 9.90 Å². The maximum Gasteiger partial charge on any atom is 0.218 e. The van der Waals surface area contributed by atoms with Gasteiger partial charge in [-0.05, 0) is 30.4 Å². The molecular formula is C19H25O2S+. The Balaban J connectivity index is 2.38. The summed E-state index contributed by atoms with van der Waals surface area (Å²) in [6.07, 6.45) is 3.91. The van der Waals surface area contributed by atoms with Crippen LogP contribution in [0.2, 0.25) is 0 Å². The maximum absolute atomic E-state index is 11.8. The number of rotatable bonds is 5. The Labute approximate surface area is 137 Å². The normalized spacial score (nSPS) is 16.9. The summed E-state index contributed by atoms with van der Waals surface area (Å²) in [5.74, 6) is 1.31. The third-order valence-corrected chi connectivity index (χ3v) is 4.74. The minimum Gasteiger partial charge on any atom is -0.507 e. The largest absolute Gasteiger partial charge is 0.507 e. The lowest BCUT2D eigenvalue weighted by atomic mass is 9.88. The summed E-state index contributed by atoms with van der Waals surface area (Å²) < 4.78 is 0. The molecule has 0 saturated heterocycles. The molecule has 0 spiro atoms. The van der Waals surface area contributed by atoms with Gasteiger partial charge >= 0.3 is 0 Å². The van der Waals surface area contributed by atoms with Gasteiger partial charge in [-0.25, -0.2) is 0 Å². The summed E-state index contributed by atoms with van der Waals surface area (Å²) in [6.45, 7) is 10.5. The number of hydrogen-bond acceptors (Lipinski definition) is 2. The molecule has 1 N–H and O–H groups in total. The van der Waals surface area contributed by atoms with Crippen LogP contribution in [0.15, 0.2) is 29.0 Å². The van der Waals surface area contributed by atoms with Gasteiger partial charge < -0.3 is 5.11 Å². The van der Waals surface area contributed by atoms with Gasteiger partial charge in [0.2, 0.25) is 21.1 Å². The smallest absolute Gasteiger partial charge is 0.218 e. The summed E-state index contributed by atoms with van der Waals surface area (Å²) in [6, 6.07) is 4.30. The molecule has 1 aromatic heterocycles. The van der Waals surface area contributed by atoms with Gasteiger partial charge in [0.15, 0.2) is 5.78 Å². The molecule has 0 aromatic carbocycles. The van der Waals surface area contributed by atoms with E-state index >= 15 is 0 Å². The van der Waals surface area contributed by atoms with E-state index in [0.717, 1.165) is 18.4 Å². The number of allylic oxidation sites excluding steroid dienone is 2. The first-order valence-electron chi connectivity index (χ1n) is 7.90. The van der Waals surface area contributed by atoms with Gasteiger partial charge in [0.1, 0.15) is 5.76 Å². The molecule has 2 rings (SSSR count). The summed E-state index contributed by atoms with van der Waals surface area (Å²) in [5, 5.41) is 9.83. The summed E-state index contributed by atoms with van der Waals surface area (Å²) in [7, 11) is 0. The maximum atomic E-state index is 11.8. The average molecular weight is 317 g/mol. The van der Waals surface area contributed by atoms with Crippen molar-refractivity contribution in [3.05, 3.63) is 44.4 Å². The number of ketones is 1. The van der Waals surface area contributed by atoms with Crippen LogP contribution in [0.25, 0.3) is 6.08 Å². The van der Waals surface area contributed by atoms with E-state index in [4.69, 9.17) is 0 Å². The molecule has 1 heterocycles.